The summed E-state index contributed by atoms with van der Waals surface area (Å²) in [4.78, 5) is 6.67. The topological polar surface area (TPSA) is 42.2 Å². The lowest BCUT2D eigenvalue weighted by Crippen LogP contribution is -2.25. The van der Waals surface area contributed by atoms with E-state index in [2.05, 4.69) is 15.0 Å². The summed E-state index contributed by atoms with van der Waals surface area (Å²) in [6.45, 7) is 3.45. The monoisotopic (exact) mass is 275 g/mol. The summed E-state index contributed by atoms with van der Waals surface area (Å²) >= 11 is 0. The predicted molar refractivity (Wildman–Crippen MR) is 72.3 cm³/mol. The average Bonchev–Trinajstić information content (AvgIpc) is 3.21. The van der Waals surface area contributed by atoms with Crippen molar-refractivity contribution in [1.82, 2.24) is 15.0 Å². The fourth-order valence-electron chi connectivity index (χ4n) is 2.25. The molecule has 0 radical (unpaired) electrons. The van der Waals surface area contributed by atoms with Gasteiger partial charge in [0.15, 0.2) is 5.82 Å². The van der Waals surface area contributed by atoms with Crippen LogP contribution in [0.2, 0.25) is 0 Å². The highest BCUT2D eigenvalue weighted by Crippen LogP contribution is 2.29. The van der Waals surface area contributed by atoms with E-state index in [9.17, 15) is 4.39 Å². The van der Waals surface area contributed by atoms with E-state index in [-0.39, 0.29) is 5.82 Å². The lowest BCUT2D eigenvalue weighted by molar-refractivity contribution is 0.209. The number of rotatable bonds is 6. The number of halogens is 1. The molecule has 0 unspecified atom stereocenters. The van der Waals surface area contributed by atoms with Crippen LogP contribution in [0.4, 0.5) is 4.39 Å². The van der Waals surface area contributed by atoms with E-state index in [0.717, 1.165) is 24.4 Å². The van der Waals surface area contributed by atoms with Gasteiger partial charge in [-0.2, -0.15) is 4.98 Å². The summed E-state index contributed by atoms with van der Waals surface area (Å²) in [5, 5.41) is 3.92. The number of benzene rings is 1. The minimum atomic E-state index is -0.198. The third-order valence-corrected chi connectivity index (χ3v) is 3.53. The Morgan fingerprint density at radius 3 is 2.60 bits per heavy atom. The zero-order valence-electron chi connectivity index (χ0n) is 11.6. The Morgan fingerprint density at radius 1 is 1.25 bits per heavy atom. The fourth-order valence-corrected chi connectivity index (χ4v) is 2.25. The van der Waals surface area contributed by atoms with Crippen molar-refractivity contribution in [3.05, 3.63) is 47.4 Å². The highest BCUT2D eigenvalue weighted by Gasteiger charge is 2.30. The van der Waals surface area contributed by atoms with Crippen LogP contribution in [0, 0.1) is 5.82 Å². The van der Waals surface area contributed by atoms with Crippen molar-refractivity contribution in [2.45, 2.75) is 45.3 Å². The summed E-state index contributed by atoms with van der Waals surface area (Å²) in [7, 11) is 0. The second kappa shape index (κ2) is 5.71. The molecule has 0 saturated heterocycles. The third kappa shape index (κ3) is 3.22. The first-order chi connectivity index (χ1) is 9.74. The smallest absolute Gasteiger partial charge is 0.240 e. The zero-order chi connectivity index (χ0) is 13.9. The average molecular weight is 275 g/mol. The zero-order valence-corrected chi connectivity index (χ0v) is 11.6. The van der Waals surface area contributed by atoms with Crippen molar-refractivity contribution in [3.8, 4) is 0 Å². The lowest BCUT2D eigenvalue weighted by atomic mass is 10.2. The lowest BCUT2D eigenvalue weighted by Gasteiger charge is -2.19. The molecule has 1 aliphatic carbocycles. The SMILES string of the molecule is CCc1noc(CN(Cc2ccc(F)cc2)C2CC2)n1. The summed E-state index contributed by atoms with van der Waals surface area (Å²) in [6.07, 6.45) is 3.19. The molecule has 4 nitrogen and oxygen atoms in total. The Kier molecular flexibility index (Phi) is 3.78. The van der Waals surface area contributed by atoms with Crippen molar-refractivity contribution in [2.24, 2.45) is 0 Å². The molecule has 0 aliphatic heterocycles. The number of hydrogen-bond donors (Lipinski definition) is 0. The Hall–Kier alpha value is -1.75. The van der Waals surface area contributed by atoms with Gasteiger partial charge in [0.1, 0.15) is 5.82 Å². The van der Waals surface area contributed by atoms with Crippen LogP contribution in [-0.4, -0.2) is 21.1 Å². The number of nitrogens with zero attached hydrogens (tertiary/aromatic N) is 3. The van der Waals surface area contributed by atoms with Crippen molar-refractivity contribution in [1.29, 1.82) is 0 Å². The van der Waals surface area contributed by atoms with Gasteiger partial charge in [-0.3, -0.25) is 4.90 Å². The maximum atomic E-state index is 12.9. The van der Waals surface area contributed by atoms with Gasteiger partial charge >= 0.3 is 0 Å². The molecule has 0 spiro atoms. The molecule has 1 aliphatic rings. The van der Waals surface area contributed by atoms with E-state index in [0.29, 0.717) is 18.5 Å². The number of aryl methyl sites for hydroxylation is 1. The van der Waals surface area contributed by atoms with E-state index in [1.807, 2.05) is 19.1 Å². The van der Waals surface area contributed by atoms with Gasteiger partial charge in [0.2, 0.25) is 5.89 Å². The first-order valence-electron chi connectivity index (χ1n) is 7.04. The molecule has 3 rings (SSSR count). The van der Waals surface area contributed by atoms with Gasteiger partial charge in [0, 0.05) is 19.0 Å². The van der Waals surface area contributed by atoms with E-state index in [4.69, 9.17) is 4.52 Å². The number of hydrogen-bond acceptors (Lipinski definition) is 4. The Morgan fingerprint density at radius 2 is 2.00 bits per heavy atom. The molecule has 1 heterocycles. The molecule has 5 heteroatoms. The molecule has 1 fully saturated rings. The second-order valence-corrected chi connectivity index (χ2v) is 5.22. The highest BCUT2D eigenvalue weighted by atomic mass is 19.1. The van der Waals surface area contributed by atoms with Gasteiger partial charge in [-0.1, -0.05) is 24.2 Å². The minimum absolute atomic E-state index is 0.198. The second-order valence-electron chi connectivity index (χ2n) is 5.22. The molecule has 1 aromatic carbocycles. The van der Waals surface area contributed by atoms with Crippen LogP contribution in [0.1, 0.15) is 37.0 Å². The highest BCUT2D eigenvalue weighted by molar-refractivity contribution is 5.16. The van der Waals surface area contributed by atoms with Crippen LogP contribution in [0.15, 0.2) is 28.8 Å². The Bertz CT molecular complexity index is 563. The van der Waals surface area contributed by atoms with E-state index < -0.39 is 0 Å². The van der Waals surface area contributed by atoms with Crippen LogP contribution >= 0.6 is 0 Å². The van der Waals surface area contributed by atoms with Crippen molar-refractivity contribution in [2.75, 3.05) is 0 Å². The van der Waals surface area contributed by atoms with Gasteiger partial charge < -0.3 is 4.52 Å². The van der Waals surface area contributed by atoms with Gasteiger partial charge in [0.25, 0.3) is 0 Å². The molecule has 106 valence electrons. The van der Waals surface area contributed by atoms with Gasteiger partial charge in [-0.05, 0) is 30.5 Å². The normalized spacial score (nSPS) is 14.9. The van der Waals surface area contributed by atoms with Crippen LogP contribution in [0.5, 0.6) is 0 Å². The molecule has 1 saturated carbocycles. The van der Waals surface area contributed by atoms with Crippen LogP contribution in [0.25, 0.3) is 0 Å². The maximum absolute atomic E-state index is 12.9. The standard InChI is InChI=1S/C15H18FN3O/c1-2-14-17-15(20-18-14)10-19(13-7-8-13)9-11-3-5-12(16)6-4-11/h3-6,13H,2,7-10H2,1H3. The predicted octanol–water partition coefficient (Wildman–Crippen LogP) is 2.94. The molecule has 2 aromatic rings. The first kappa shape index (κ1) is 13.2. The van der Waals surface area contributed by atoms with E-state index >= 15 is 0 Å². The summed E-state index contributed by atoms with van der Waals surface area (Å²) in [5.41, 5.74) is 1.11. The number of aromatic nitrogens is 2. The molecule has 0 bridgehead atoms. The summed E-state index contributed by atoms with van der Waals surface area (Å²) < 4.78 is 18.2. The largest absolute Gasteiger partial charge is 0.338 e. The molecule has 1 aromatic heterocycles. The molecule has 0 N–H and O–H groups in total. The van der Waals surface area contributed by atoms with Crippen molar-refractivity contribution in [3.63, 3.8) is 0 Å². The van der Waals surface area contributed by atoms with Crippen molar-refractivity contribution >= 4 is 0 Å². The van der Waals surface area contributed by atoms with E-state index in [1.165, 1.54) is 25.0 Å². The Balaban J connectivity index is 1.67. The Labute approximate surface area is 117 Å². The quantitative estimate of drug-likeness (QED) is 0.813. The van der Waals surface area contributed by atoms with Crippen LogP contribution < -0.4 is 0 Å². The molecule has 0 amide bonds. The van der Waals surface area contributed by atoms with Gasteiger partial charge in [0.05, 0.1) is 6.54 Å². The van der Waals surface area contributed by atoms with Gasteiger partial charge in [-0.15, -0.1) is 0 Å². The summed E-state index contributed by atoms with van der Waals surface area (Å²) in [6, 6.07) is 7.24. The van der Waals surface area contributed by atoms with Crippen LogP contribution in [-0.2, 0) is 19.5 Å². The fraction of sp³-hybridized carbons (Fsp3) is 0.467. The molecule has 0 atom stereocenters. The third-order valence-electron chi connectivity index (χ3n) is 3.53. The van der Waals surface area contributed by atoms with Crippen molar-refractivity contribution < 1.29 is 8.91 Å². The van der Waals surface area contributed by atoms with Gasteiger partial charge in [-0.25, -0.2) is 4.39 Å². The molecule has 20 heavy (non-hydrogen) atoms. The minimum Gasteiger partial charge on any atom is -0.338 e. The first-order valence-corrected chi connectivity index (χ1v) is 7.04. The molecular weight excluding hydrogens is 257 g/mol. The summed E-state index contributed by atoms with van der Waals surface area (Å²) in [5.74, 6) is 1.21. The van der Waals surface area contributed by atoms with Crippen LogP contribution in [0.3, 0.4) is 0 Å². The maximum Gasteiger partial charge on any atom is 0.240 e. The van der Waals surface area contributed by atoms with E-state index in [1.54, 1.807) is 0 Å². The molecular formula is C15H18FN3O.